The summed E-state index contributed by atoms with van der Waals surface area (Å²) in [6, 6.07) is 6.42. The van der Waals surface area contributed by atoms with Crippen LogP contribution in [0.4, 0.5) is 13.2 Å². The van der Waals surface area contributed by atoms with Gasteiger partial charge in [0, 0.05) is 19.2 Å². The number of nitrogens with one attached hydrogen (secondary N) is 1. The fraction of sp³-hybridized carbons (Fsp3) is 0.294. The Morgan fingerprint density at radius 1 is 1.32 bits per heavy atom. The first-order chi connectivity index (χ1) is 11.8. The van der Waals surface area contributed by atoms with E-state index in [9.17, 15) is 18.0 Å². The third-order valence-electron chi connectivity index (χ3n) is 4.39. The molecule has 0 spiro atoms. The van der Waals surface area contributed by atoms with Crippen molar-refractivity contribution in [2.24, 2.45) is 0 Å². The monoisotopic (exact) mass is 352 g/mol. The Hall–Kier alpha value is -2.61. The van der Waals surface area contributed by atoms with Gasteiger partial charge < -0.3 is 4.74 Å². The van der Waals surface area contributed by atoms with Gasteiger partial charge in [0.15, 0.2) is 11.6 Å². The Labute approximate surface area is 141 Å². The van der Waals surface area contributed by atoms with Gasteiger partial charge in [0.1, 0.15) is 0 Å². The molecule has 8 heteroatoms. The molecule has 0 aliphatic heterocycles. The van der Waals surface area contributed by atoms with E-state index in [2.05, 4.69) is 4.98 Å². The molecule has 1 saturated carbocycles. The number of ether oxygens (including phenoxy) is 1. The summed E-state index contributed by atoms with van der Waals surface area (Å²) < 4.78 is 47.0. The van der Waals surface area contributed by atoms with Gasteiger partial charge in [-0.25, -0.2) is 23.6 Å². The maximum atomic E-state index is 14.2. The summed E-state index contributed by atoms with van der Waals surface area (Å²) in [5, 5.41) is 8.52. The van der Waals surface area contributed by atoms with Crippen LogP contribution in [0.5, 0.6) is 11.6 Å². The molecular formula is C17H15F3N2O3. The zero-order chi connectivity index (χ0) is 18.2. The molecule has 0 radical (unpaired) electrons. The van der Waals surface area contributed by atoms with Crippen LogP contribution in [0.3, 0.4) is 0 Å². The Kier molecular flexibility index (Phi) is 4.16. The van der Waals surface area contributed by atoms with Crippen LogP contribution in [0.2, 0.25) is 0 Å². The maximum Gasteiger partial charge on any atom is 0.276 e. The molecule has 1 heterocycles. The molecule has 25 heavy (non-hydrogen) atoms. The summed E-state index contributed by atoms with van der Waals surface area (Å²) in [4.78, 5) is 15.0. The Balaban J connectivity index is 1.79. The number of rotatable bonds is 5. The number of amides is 1. The van der Waals surface area contributed by atoms with Crippen molar-refractivity contribution in [3.63, 3.8) is 0 Å². The number of hydrogen-bond acceptors (Lipinski definition) is 4. The predicted molar refractivity (Wildman–Crippen MR) is 81.5 cm³/mol. The van der Waals surface area contributed by atoms with E-state index in [0.717, 1.165) is 19.2 Å². The lowest BCUT2D eigenvalue weighted by molar-refractivity contribution is -0.0200. The topological polar surface area (TPSA) is 71.5 Å². The molecule has 3 rings (SSSR count). The van der Waals surface area contributed by atoms with E-state index < -0.39 is 23.1 Å². The summed E-state index contributed by atoms with van der Waals surface area (Å²) in [5.41, 5.74) is 0.488. The highest BCUT2D eigenvalue weighted by molar-refractivity contribution is 5.92. The van der Waals surface area contributed by atoms with Crippen molar-refractivity contribution < 1.29 is 27.9 Å². The molecule has 2 N–H and O–H groups in total. The normalized spacial score (nSPS) is 15.6. The molecule has 132 valence electrons. The van der Waals surface area contributed by atoms with Crippen molar-refractivity contribution in [2.75, 3.05) is 0 Å². The molecule has 2 aromatic rings. The summed E-state index contributed by atoms with van der Waals surface area (Å²) >= 11 is 0. The smallest absolute Gasteiger partial charge is 0.276 e. The average molecular weight is 352 g/mol. The number of carbonyl (C=O) groups is 1. The molecule has 1 fully saturated rings. The van der Waals surface area contributed by atoms with E-state index in [0.29, 0.717) is 12.8 Å². The average Bonchev–Trinajstić information content (AvgIpc) is 3.38. The number of hydrogen-bond donors (Lipinski definition) is 2. The van der Waals surface area contributed by atoms with Crippen LogP contribution in [0.1, 0.15) is 35.7 Å². The SMILES string of the molecule is CC(F)(F)C1(c2ccc(Oc3ccc(C(=O)NO)cn3)c(F)c2)CC1. The zero-order valence-electron chi connectivity index (χ0n) is 13.2. The van der Waals surface area contributed by atoms with Gasteiger partial charge in [-0.1, -0.05) is 6.07 Å². The molecule has 0 unspecified atom stereocenters. The number of benzene rings is 1. The number of halogens is 3. The van der Waals surface area contributed by atoms with Crippen molar-refractivity contribution in [2.45, 2.75) is 31.1 Å². The second-order valence-corrected chi connectivity index (χ2v) is 6.04. The fourth-order valence-electron chi connectivity index (χ4n) is 2.74. The molecule has 0 atom stereocenters. The highest BCUT2D eigenvalue weighted by atomic mass is 19.3. The van der Waals surface area contributed by atoms with E-state index in [-0.39, 0.29) is 22.8 Å². The summed E-state index contributed by atoms with van der Waals surface area (Å²) in [6.45, 7) is 0.844. The molecule has 1 aliphatic carbocycles. The number of hydroxylamine groups is 1. The van der Waals surface area contributed by atoms with Gasteiger partial charge in [0.05, 0.1) is 11.0 Å². The van der Waals surface area contributed by atoms with Crippen molar-refractivity contribution in [3.8, 4) is 11.6 Å². The van der Waals surface area contributed by atoms with E-state index in [1.165, 1.54) is 29.7 Å². The first kappa shape index (κ1) is 17.2. The molecule has 0 bridgehead atoms. The molecule has 0 saturated heterocycles. The van der Waals surface area contributed by atoms with Crippen LogP contribution in [0, 0.1) is 5.82 Å². The maximum absolute atomic E-state index is 14.2. The van der Waals surface area contributed by atoms with E-state index in [4.69, 9.17) is 9.94 Å². The van der Waals surface area contributed by atoms with Gasteiger partial charge in [-0.3, -0.25) is 10.0 Å². The first-order valence-electron chi connectivity index (χ1n) is 7.53. The van der Waals surface area contributed by atoms with Gasteiger partial charge >= 0.3 is 0 Å². The molecule has 5 nitrogen and oxygen atoms in total. The van der Waals surface area contributed by atoms with Crippen LogP contribution in [0.25, 0.3) is 0 Å². The Bertz CT molecular complexity index is 800. The summed E-state index contributed by atoms with van der Waals surface area (Å²) in [7, 11) is 0. The third kappa shape index (κ3) is 3.17. The van der Waals surface area contributed by atoms with Crippen molar-refractivity contribution >= 4 is 5.91 Å². The van der Waals surface area contributed by atoms with Crippen molar-refractivity contribution in [1.82, 2.24) is 10.5 Å². The minimum atomic E-state index is -2.92. The molecule has 1 aromatic carbocycles. The van der Waals surface area contributed by atoms with Crippen LogP contribution < -0.4 is 10.2 Å². The summed E-state index contributed by atoms with van der Waals surface area (Å²) in [5.74, 6) is -4.59. The van der Waals surface area contributed by atoms with E-state index in [1.54, 1.807) is 0 Å². The highest BCUT2D eigenvalue weighted by Gasteiger charge is 2.60. The number of carbonyl (C=O) groups excluding carboxylic acids is 1. The van der Waals surface area contributed by atoms with Gasteiger partial charge in [-0.2, -0.15) is 0 Å². The van der Waals surface area contributed by atoms with E-state index in [1.807, 2.05) is 0 Å². The minimum Gasteiger partial charge on any atom is -0.436 e. The lowest BCUT2D eigenvalue weighted by Crippen LogP contribution is -2.30. The molecule has 1 aliphatic rings. The molecule has 1 aromatic heterocycles. The summed E-state index contributed by atoms with van der Waals surface area (Å²) in [6.07, 6.45) is 1.77. The number of nitrogens with zero attached hydrogens (tertiary/aromatic N) is 1. The van der Waals surface area contributed by atoms with Crippen LogP contribution in [-0.4, -0.2) is 22.0 Å². The number of pyridine rings is 1. The zero-order valence-corrected chi connectivity index (χ0v) is 13.2. The quantitative estimate of drug-likeness (QED) is 0.634. The second-order valence-electron chi connectivity index (χ2n) is 6.04. The van der Waals surface area contributed by atoms with Crippen LogP contribution in [-0.2, 0) is 5.41 Å². The molecular weight excluding hydrogens is 337 g/mol. The van der Waals surface area contributed by atoms with Gasteiger partial charge in [-0.15, -0.1) is 0 Å². The van der Waals surface area contributed by atoms with Crippen LogP contribution in [0.15, 0.2) is 36.5 Å². The lowest BCUT2D eigenvalue weighted by Gasteiger charge is -2.23. The first-order valence-corrected chi connectivity index (χ1v) is 7.53. The van der Waals surface area contributed by atoms with Crippen molar-refractivity contribution in [1.29, 1.82) is 0 Å². The Morgan fingerprint density at radius 2 is 2.04 bits per heavy atom. The Morgan fingerprint density at radius 3 is 2.52 bits per heavy atom. The third-order valence-corrected chi connectivity index (χ3v) is 4.39. The highest BCUT2D eigenvalue weighted by Crippen LogP contribution is 2.58. The van der Waals surface area contributed by atoms with Gasteiger partial charge in [-0.05, 0) is 36.6 Å². The lowest BCUT2D eigenvalue weighted by atomic mass is 9.90. The number of aromatic nitrogens is 1. The van der Waals surface area contributed by atoms with E-state index >= 15 is 0 Å². The second kappa shape index (κ2) is 6.03. The van der Waals surface area contributed by atoms with Gasteiger partial charge in [0.25, 0.3) is 11.8 Å². The fourth-order valence-corrected chi connectivity index (χ4v) is 2.74. The number of alkyl halides is 2. The largest absolute Gasteiger partial charge is 0.436 e. The van der Waals surface area contributed by atoms with Crippen LogP contribution >= 0.6 is 0 Å². The van der Waals surface area contributed by atoms with Crippen molar-refractivity contribution in [3.05, 3.63) is 53.5 Å². The molecule has 1 amide bonds. The standard InChI is InChI=1S/C17H15F3N2O3/c1-16(19,20)17(6-7-17)11-3-4-13(12(18)8-11)25-14-5-2-10(9-21-14)15(23)22-24/h2-5,8-9,24H,6-7H2,1H3,(H,22,23). The minimum absolute atomic E-state index is 0.0168. The van der Waals surface area contributed by atoms with Gasteiger partial charge in [0.2, 0.25) is 5.88 Å². The predicted octanol–water partition coefficient (Wildman–Crippen LogP) is 3.82.